The Kier molecular flexibility index (Phi) is 6.62. The van der Waals surface area contributed by atoms with Crippen molar-refractivity contribution in [1.82, 2.24) is 5.32 Å². The average Bonchev–Trinajstić information content (AvgIpc) is 2.67. The van der Waals surface area contributed by atoms with Gasteiger partial charge in [-0.05, 0) is 62.8 Å². The Bertz CT molecular complexity index is 867. The normalized spacial score (nSPS) is 13.2. The predicted octanol–water partition coefficient (Wildman–Crippen LogP) is 3.94. The molecule has 0 saturated carbocycles. The van der Waals surface area contributed by atoms with Crippen LogP contribution >= 0.6 is 11.8 Å². The number of amides is 2. The molecular weight excluding hydrogens is 370 g/mol. The van der Waals surface area contributed by atoms with Crippen molar-refractivity contribution < 1.29 is 9.59 Å². The molecule has 148 valence electrons. The fourth-order valence-corrected chi connectivity index (χ4v) is 4.08. The van der Waals surface area contributed by atoms with Gasteiger partial charge < -0.3 is 15.5 Å². The standard InChI is InChI=1S/C22H27N3O2S/c1-15(2)23-22(27)17-8-6-11-19-16(17)9-7-13-25(19)14-21(26)24-18-10-4-5-12-20(18)28-3/h4-6,8,10-12,15H,7,9,13-14H2,1-3H3,(H,23,27)(H,24,26). The van der Waals surface area contributed by atoms with E-state index in [1.54, 1.807) is 11.8 Å². The van der Waals surface area contributed by atoms with Crippen LogP contribution in [0.4, 0.5) is 11.4 Å². The number of nitrogens with zero attached hydrogens (tertiary/aromatic N) is 1. The Balaban J connectivity index is 1.77. The van der Waals surface area contributed by atoms with Crippen molar-refractivity contribution in [2.75, 3.05) is 29.6 Å². The number of thioether (sulfide) groups is 1. The van der Waals surface area contributed by atoms with Crippen LogP contribution in [-0.2, 0) is 11.2 Å². The van der Waals surface area contributed by atoms with E-state index in [2.05, 4.69) is 15.5 Å². The van der Waals surface area contributed by atoms with E-state index < -0.39 is 0 Å². The average molecular weight is 398 g/mol. The fourth-order valence-electron chi connectivity index (χ4n) is 3.53. The molecule has 1 aliphatic rings. The lowest BCUT2D eigenvalue weighted by Crippen LogP contribution is -2.38. The number of fused-ring (bicyclic) bond motifs is 1. The van der Waals surface area contributed by atoms with Crippen molar-refractivity contribution in [1.29, 1.82) is 0 Å². The van der Waals surface area contributed by atoms with Crippen LogP contribution in [0.2, 0.25) is 0 Å². The zero-order valence-electron chi connectivity index (χ0n) is 16.6. The maximum atomic E-state index is 12.7. The minimum absolute atomic E-state index is 0.0490. The summed E-state index contributed by atoms with van der Waals surface area (Å²) in [5.41, 5.74) is 3.56. The number of hydrogen-bond donors (Lipinski definition) is 2. The quantitative estimate of drug-likeness (QED) is 0.725. The molecule has 0 aliphatic carbocycles. The van der Waals surface area contributed by atoms with E-state index in [1.807, 2.05) is 62.6 Å². The highest BCUT2D eigenvalue weighted by molar-refractivity contribution is 7.98. The van der Waals surface area contributed by atoms with Gasteiger partial charge >= 0.3 is 0 Å². The molecule has 0 fully saturated rings. The molecule has 0 atom stereocenters. The van der Waals surface area contributed by atoms with Crippen molar-refractivity contribution in [3.8, 4) is 0 Å². The molecule has 2 amide bonds. The number of benzene rings is 2. The molecular formula is C22H27N3O2S. The highest BCUT2D eigenvalue weighted by Gasteiger charge is 2.24. The first-order valence-electron chi connectivity index (χ1n) is 9.60. The summed E-state index contributed by atoms with van der Waals surface area (Å²) in [6.07, 6.45) is 3.77. The molecule has 2 aromatic carbocycles. The van der Waals surface area contributed by atoms with Crippen LogP contribution in [0.25, 0.3) is 0 Å². The second-order valence-corrected chi connectivity index (χ2v) is 8.05. The van der Waals surface area contributed by atoms with E-state index in [1.165, 1.54) is 0 Å². The Morgan fingerprint density at radius 1 is 1.14 bits per heavy atom. The molecule has 1 heterocycles. The molecule has 6 heteroatoms. The zero-order chi connectivity index (χ0) is 20.1. The third-order valence-electron chi connectivity index (χ3n) is 4.73. The highest BCUT2D eigenvalue weighted by atomic mass is 32.2. The van der Waals surface area contributed by atoms with Gasteiger partial charge in [-0.2, -0.15) is 0 Å². The summed E-state index contributed by atoms with van der Waals surface area (Å²) in [5, 5.41) is 5.99. The monoisotopic (exact) mass is 397 g/mol. The predicted molar refractivity (Wildman–Crippen MR) is 116 cm³/mol. The summed E-state index contributed by atoms with van der Waals surface area (Å²) < 4.78 is 0. The van der Waals surface area contributed by atoms with Crippen molar-refractivity contribution >= 4 is 35.0 Å². The van der Waals surface area contributed by atoms with Crippen LogP contribution in [0.15, 0.2) is 47.4 Å². The molecule has 0 bridgehead atoms. The first kappa shape index (κ1) is 20.3. The van der Waals surface area contributed by atoms with Gasteiger partial charge in [-0.1, -0.05) is 18.2 Å². The van der Waals surface area contributed by atoms with Gasteiger partial charge in [-0.3, -0.25) is 9.59 Å². The van der Waals surface area contributed by atoms with Gasteiger partial charge in [-0.15, -0.1) is 11.8 Å². The number of carbonyl (C=O) groups is 2. The van der Waals surface area contributed by atoms with Crippen LogP contribution in [-0.4, -0.2) is 37.2 Å². The highest BCUT2D eigenvalue weighted by Crippen LogP contribution is 2.30. The molecule has 3 rings (SSSR count). The minimum Gasteiger partial charge on any atom is -0.362 e. The molecule has 5 nitrogen and oxygen atoms in total. The largest absolute Gasteiger partial charge is 0.362 e. The third-order valence-corrected chi connectivity index (χ3v) is 5.52. The SMILES string of the molecule is CSc1ccccc1NC(=O)CN1CCCc2c(C(=O)NC(C)C)cccc21. The van der Waals surface area contributed by atoms with E-state index in [4.69, 9.17) is 0 Å². The molecule has 28 heavy (non-hydrogen) atoms. The molecule has 2 N–H and O–H groups in total. The summed E-state index contributed by atoms with van der Waals surface area (Å²) in [7, 11) is 0. The van der Waals surface area contributed by atoms with Gasteiger partial charge in [0.1, 0.15) is 0 Å². The molecule has 2 aromatic rings. The summed E-state index contributed by atoms with van der Waals surface area (Å²) in [6, 6.07) is 13.7. The zero-order valence-corrected chi connectivity index (χ0v) is 17.4. The number of nitrogens with one attached hydrogen (secondary N) is 2. The second-order valence-electron chi connectivity index (χ2n) is 7.20. The number of para-hydroxylation sites is 1. The van der Waals surface area contributed by atoms with Crippen LogP contribution in [0.5, 0.6) is 0 Å². The fraction of sp³-hybridized carbons (Fsp3) is 0.364. The molecule has 0 aromatic heterocycles. The van der Waals surface area contributed by atoms with E-state index in [0.29, 0.717) is 5.56 Å². The van der Waals surface area contributed by atoms with Gasteiger partial charge in [0.2, 0.25) is 5.91 Å². The molecule has 0 saturated heterocycles. The minimum atomic E-state index is -0.0496. The number of rotatable bonds is 6. The number of hydrogen-bond acceptors (Lipinski definition) is 4. The van der Waals surface area contributed by atoms with Crippen LogP contribution in [0, 0.1) is 0 Å². The van der Waals surface area contributed by atoms with E-state index in [-0.39, 0.29) is 24.4 Å². The van der Waals surface area contributed by atoms with Gasteiger partial charge in [0.05, 0.1) is 12.2 Å². The van der Waals surface area contributed by atoms with E-state index in [0.717, 1.165) is 41.2 Å². The van der Waals surface area contributed by atoms with Gasteiger partial charge in [0.15, 0.2) is 0 Å². The lowest BCUT2D eigenvalue weighted by molar-refractivity contribution is -0.115. The van der Waals surface area contributed by atoms with Crippen molar-refractivity contribution in [2.24, 2.45) is 0 Å². The third kappa shape index (κ3) is 4.68. The molecule has 0 unspecified atom stereocenters. The molecule has 0 spiro atoms. The Morgan fingerprint density at radius 2 is 1.93 bits per heavy atom. The van der Waals surface area contributed by atoms with E-state index >= 15 is 0 Å². The van der Waals surface area contributed by atoms with Crippen LogP contribution < -0.4 is 15.5 Å². The second kappa shape index (κ2) is 9.15. The van der Waals surface area contributed by atoms with Crippen molar-refractivity contribution in [2.45, 2.75) is 37.6 Å². The van der Waals surface area contributed by atoms with Gasteiger partial charge in [-0.25, -0.2) is 0 Å². The summed E-state index contributed by atoms with van der Waals surface area (Å²) in [6.45, 7) is 4.98. The first-order valence-corrected chi connectivity index (χ1v) is 10.8. The molecule has 1 aliphatic heterocycles. The molecule has 0 radical (unpaired) electrons. The maximum absolute atomic E-state index is 12.7. The van der Waals surface area contributed by atoms with Crippen LogP contribution in [0.3, 0.4) is 0 Å². The smallest absolute Gasteiger partial charge is 0.251 e. The van der Waals surface area contributed by atoms with Gasteiger partial charge in [0.25, 0.3) is 5.91 Å². The lowest BCUT2D eigenvalue weighted by Gasteiger charge is -2.32. The Labute approximate surface area is 170 Å². The lowest BCUT2D eigenvalue weighted by atomic mass is 9.95. The van der Waals surface area contributed by atoms with Crippen LogP contribution in [0.1, 0.15) is 36.2 Å². The summed E-state index contributed by atoms with van der Waals surface area (Å²) in [4.78, 5) is 28.4. The van der Waals surface area contributed by atoms with Crippen molar-refractivity contribution in [3.05, 3.63) is 53.6 Å². The number of anilines is 2. The summed E-state index contributed by atoms with van der Waals surface area (Å²) >= 11 is 1.61. The summed E-state index contributed by atoms with van der Waals surface area (Å²) in [5.74, 6) is -0.0987. The van der Waals surface area contributed by atoms with Crippen molar-refractivity contribution in [3.63, 3.8) is 0 Å². The first-order chi connectivity index (χ1) is 13.5. The van der Waals surface area contributed by atoms with Gasteiger partial charge in [0, 0.05) is 28.7 Å². The number of carbonyl (C=O) groups excluding carboxylic acids is 2. The maximum Gasteiger partial charge on any atom is 0.251 e. The topological polar surface area (TPSA) is 61.4 Å². The Hall–Kier alpha value is -2.47. The Morgan fingerprint density at radius 3 is 2.68 bits per heavy atom. The van der Waals surface area contributed by atoms with E-state index in [9.17, 15) is 9.59 Å².